The lowest BCUT2D eigenvalue weighted by atomic mass is 10.3. The number of para-hydroxylation sites is 2. The Morgan fingerprint density at radius 1 is 0.833 bits per heavy atom. The van der Waals surface area contributed by atoms with E-state index in [0.29, 0.717) is 11.5 Å². The van der Waals surface area contributed by atoms with Gasteiger partial charge in [-0.1, -0.05) is 36.4 Å². The molecular formula is C13H12NO3P. The molecule has 0 aliphatic heterocycles. The van der Waals surface area contributed by atoms with Crippen LogP contribution in [0.25, 0.3) is 0 Å². The van der Waals surface area contributed by atoms with Gasteiger partial charge in [0, 0.05) is 0 Å². The summed E-state index contributed by atoms with van der Waals surface area (Å²) in [6.45, 7) is 3.26. The summed E-state index contributed by atoms with van der Waals surface area (Å²) in [5, 5.41) is 0. The highest BCUT2D eigenvalue weighted by Gasteiger charge is 2.26. The molecule has 0 aliphatic carbocycles. The molecule has 0 amide bonds. The molecule has 4 nitrogen and oxygen atoms in total. The first-order chi connectivity index (χ1) is 8.72. The van der Waals surface area contributed by atoms with E-state index in [9.17, 15) is 4.57 Å². The van der Waals surface area contributed by atoms with Crippen LogP contribution in [-0.2, 0) is 4.57 Å². The van der Waals surface area contributed by atoms with Gasteiger partial charge in [0.1, 0.15) is 11.5 Å². The van der Waals surface area contributed by atoms with Gasteiger partial charge < -0.3 is 9.05 Å². The van der Waals surface area contributed by atoms with Crippen LogP contribution in [0.15, 0.2) is 65.4 Å². The number of benzene rings is 2. The zero-order valence-electron chi connectivity index (χ0n) is 9.60. The van der Waals surface area contributed by atoms with E-state index in [1.54, 1.807) is 48.5 Å². The van der Waals surface area contributed by atoms with Crippen molar-refractivity contribution in [3.8, 4) is 11.5 Å². The van der Waals surface area contributed by atoms with Crippen molar-refractivity contribution in [2.45, 2.75) is 0 Å². The van der Waals surface area contributed by atoms with Gasteiger partial charge in [0.2, 0.25) is 0 Å². The van der Waals surface area contributed by atoms with Crippen molar-refractivity contribution in [1.29, 1.82) is 0 Å². The van der Waals surface area contributed by atoms with Crippen LogP contribution in [0.1, 0.15) is 0 Å². The second kappa shape index (κ2) is 5.52. The first kappa shape index (κ1) is 12.4. The van der Waals surface area contributed by atoms with Gasteiger partial charge in [-0.25, -0.2) is 4.57 Å². The first-order valence-corrected chi connectivity index (χ1v) is 6.79. The molecule has 0 fully saturated rings. The molecule has 0 aliphatic rings. The van der Waals surface area contributed by atoms with Gasteiger partial charge in [-0.05, 0) is 31.0 Å². The molecule has 2 rings (SSSR count). The Balaban J connectivity index is 2.16. The SMILES string of the molecule is C=NP(=O)(Oc1ccccc1)Oc1ccccc1. The minimum absolute atomic E-state index is 0.421. The topological polar surface area (TPSA) is 47.9 Å². The average Bonchev–Trinajstić information content (AvgIpc) is 2.41. The fraction of sp³-hybridized carbons (Fsp3) is 0. The average molecular weight is 261 g/mol. The summed E-state index contributed by atoms with van der Waals surface area (Å²) < 4.78 is 26.2. The Labute approximate surface area is 105 Å². The Morgan fingerprint density at radius 2 is 1.22 bits per heavy atom. The quantitative estimate of drug-likeness (QED) is 0.604. The van der Waals surface area contributed by atoms with Crippen molar-refractivity contribution in [3.05, 3.63) is 60.7 Å². The predicted molar refractivity (Wildman–Crippen MR) is 71.3 cm³/mol. The maximum Gasteiger partial charge on any atom is 0.562 e. The van der Waals surface area contributed by atoms with Crippen LogP contribution < -0.4 is 9.05 Å². The summed E-state index contributed by atoms with van der Waals surface area (Å²) in [4.78, 5) is 0. The monoisotopic (exact) mass is 261 g/mol. The van der Waals surface area contributed by atoms with Crippen molar-refractivity contribution in [3.63, 3.8) is 0 Å². The third kappa shape index (κ3) is 3.22. The van der Waals surface area contributed by atoms with Gasteiger partial charge in [-0.3, -0.25) is 0 Å². The summed E-state index contributed by atoms with van der Waals surface area (Å²) in [5.41, 5.74) is 0. The van der Waals surface area contributed by atoms with E-state index in [-0.39, 0.29) is 0 Å². The van der Waals surface area contributed by atoms with Crippen LogP contribution in [0.3, 0.4) is 0 Å². The van der Waals surface area contributed by atoms with Crippen LogP contribution in [0, 0.1) is 0 Å². The van der Waals surface area contributed by atoms with E-state index in [0.717, 1.165) is 0 Å². The van der Waals surface area contributed by atoms with E-state index < -0.39 is 7.75 Å². The van der Waals surface area contributed by atoms with E-state index in [1.807, 2.05) is 12.1 Å². The Hall–Kier alpha value is -2.06. The highest BCUT2D eigenvalue weighted by atomic mass is 31.2. The minimum Gasteiger partial charge on any atom is -0.399 e. The lowest BCUT2D eigenvalue weighted by Gasteiger charge is -2.14. The molecule has 0 bridgehead atoms. The molecule has 0 spiro atoms. The predicted octanol–water partition coefficient (Wildman–Crippen LogP) is 3.95. The van der Waals surface area contributed by atoms with Gasteiger partial charge >= 0.3 is 7.75 Å². The fourth-order valence-corrected chi connectivity index (χ4v) is 2.23. The van der Waals surface area contributed by atoms with Crippen LogP contribution >= 0.6 is 7.75 Å². The molecule has 0 unspecified atom stereocenters. The molecule has 0 atom stereocenters. The molecule has 2 aromatic carbocycles. The maximum atomic E-state index is 12.2. The van der Waals surface area contributed by atoms with Crippen molar-refractivity contribution in [1.82, 2.24) is 0 Å². The number of rotatable bonds is 5. The molecule has 92 valence electrons. The van der Waals surface area contributed by atoms with Gasteiger partial charge in [0.05, 0.1) is 0 Å². The third-order valence-electron chi connectivity index (χ3n) is 2.10. The highest BCUT2D eigenvalue weighted by Crippen LogP contribution is 2.49. The molecule has 0 N–H and O–H groups in total. The third-order valence-corrected chi connectivity index (χ3v) is 3.33. The standard InChI is InChI=1S/C13H12NO3P/c1-14-18(15,16-12-8-4-2-5-9-12)17-13-10-6-3-7-11-13/h2-11H,1H2. The second-order valence-corrected chi connectivity index (χ2v) is 5.00. The molecule has 5 heteroatoms. The van der Waals surface area contributed by atoms with Crippen molar-refractivity contribution in [2.24, 2.45) is 4.76 Å². The molecule has 0 aromatic heterocycles. The highest BCUT2D eigenvalue weighted by molar-refractivity contribution is 7.53. The van der Waals surface area contributed by atoms with Crippen LogP contribution in [0.5, 0.6) is 11.5 Å². The van der Waals surface area contributed by atoms with Crippen molar-refractivity contribution < 1.29 is 13.6 Å². The van der Waals surface area contributed by atoms with Gasteiger partial charge in [-0.2, -0.15) is 4.76 Å². The van der Waals surface area contributed by atoms with E-state index >= 15 is 0 Å². The molecular weight excluding hydrogens is 249 g/mol. The molecule has 18 heavy (non-hydrogen) atoms. The Morgan fingerprint density at radius 3 is 1.56 bits per heavy atom. The van der Waals surface area contributed by atoms with Crippen LogP contribution in [0.2, 0.25) is 0 Å². The Kier molecular flexibility index (Phi) is 3.80. The van der Waals surface area contributed by atoms with E-state index in [4.69, 9.17) is 9.05 Å². The molecule has 2 aromatic rings. The van der Waals surface area contributed by atoms with Gasteiger partial charge in [0.25, 0.3) is 0 Å². The summed E-state index contributed by atoms with van der Waals surface area (Å²) >= 11 is 0. The lowest BCUT2D eigenvalue weighted by Crippen LogP contribution is -1.98. The second-order valence-electron chi connectivity index (χ2n) is 3.42. The maximum absolute atomic E-state index is 12.2. The zero-order chi connectivity index (χ0) is 12.8. The largest absolute Gasteiger partial charge is 0.562 e. The minimum atomic E-state index is -3.63. The normalized spacial score (nSPS) is 10.7. The van der Waals surface area contributed by atoms with Crippen LogP contribution in [-0.4, -0.2) is 6.72 Å². The smallest absolute Gasteiger partial charge is 0.399 e. The van der Waals surface area contributed by atoms with E-state index in [1.165, 1.54) is 0 Å². The number of hydrogen-bond acceptors (Lipinski definition) is 3. The summed E-state index contributed by atoms with van der Waals surface area (Å²) in [5.74, 6) is 0.841. The number of nitrogens with zero attached hydrogens (tertiary/aromatic N) is 1. The Bertz CT molecular complexity index is 511. The summed E-state index contributed by atoms with van der Waals surface area (Å²) in [6, 6.07) is 17.4. The molecule has 0 saturated carbocycles. The lowest BCUT2D eigenvalue weighted by molar-refractivity contribution is 0.388. The molecule has 0 saturated heterocycles. The number of hydrogen-bond donors (Lipinski definition) is 0. The van der Waals surface area contributed by atoms with Crippen molar-refractivity contribution in [2.75, 3.05) is 0 Å². The van der Waals surface area contributed by atoms with Gasteiger partial charge in [-0.15, -0.1) is 0 Å². The molecule has 0 radical (unpaired) electrons. The fourth-order valence-electron chi connectivity index (χ4n) is 1.31. The van der Waals surface area contributed by atoms with Crippen molar-refractivity contribution >= 4 is 14.5 Å². The summed E-state index contributed by atoms with van der Waals surface area (Å²) in [6.07, 6.45) is 0. The zero-order valence-corrected chi connectivity index (χ0v) is 10.5. The molecule has 0 heterocycles. The first-order valence-electron chi connectivity index (χ1n) is 5.29. The van der Waals surface area contributed by atoms with Gasteiger partial charge in [0.15, 0.2) is 0 Å². The summed E-state index contributed by atoms with van der Waals surface area (Å²) in [7, 11) is -3.63. The van der Waals surface area contributed by atoms with E-state index in [2.05, 4.69) is 11.5 Å². The van der Waals surface area contributed by atoms with Crippen LogP contribution in [0.4, 0.5) is 0 Å².